The van der Waals surface area contributed by atoms with Gasteiger partial charge in [0.2, 0.25) is 0 Å². The van der Waals surface area contributed by atoms with Crippen LogP contribution in [0.1, 0.15) is 19.3 Å². The van der Waals surface area contributed by atoms with Crippen LogP contribution in [0.3, 0.4) is 0 Å². The maximum Gasteiger partial charge on any atom is 0.322 e. The van der Waals surface area contributed by atoms with Crippen molar-refractivity contribution >= 4 is 5.97 Å². The highest BCUT2D eigenvalue weighted by atomic mass is 16.5. The zero-order valence-electron chi connectivity index (χ0n) is 10.6. The molecule has 98 valence electrons. The first-order valence-corrected chi connectivity index (χ1v) is 6.31. The van der Waals surface area contributed by atoms with E-state index in [0.717, 1.165) is 18.6 Å². The molecule has 4 nitrogen and oxygen atoms in total. The van der Waals surface area contributed by atoms with Gasteiger partial charge in [-0.1, -0.05) is 18.2 Å². The van der Waals surface area contributed by atoms with E-state index in [2.05, 4.69) is 5.32 Å². The molecule has 1 N–H and O–H groups in total. The van der Waals surface area contributed by atoms with E-state index in [-0.39, 0.29) is 12.0 Å². The van der Waals surface area contributed by atoms with Crippen molar-refractivity contribution in [2.75, 3.05) is 13.7 Å². The van der Waals surface area contributed by atoms with Gasteiger partial charge >= 0.3 is 5.97 Å². The Morgan fingerprint density at radius 2 is 2.11 bits per heavy atom. The van der Waals surface area contributed by atoms with Crippen molar-refractivity contribution in [1.82, 2.24) is 5.32 Å². The first kappa shape index (κ1) is 12.9. The van der Waals surface area contributed by atoms with Gasteiger partial charge in [0.15, 0.2) is 0 Å². The number of para-hydroxylation sites is 1. The molecule has 1 aromatic carbocycles. The molecular formula is C14H19NO3. The van der Waals surface area contributed by atoms with Crippen LogP contribution in [0.4, 0.5) is 0 Å². The van der Waals surface area contributed by atoms with Crippen molar-refractivity contribution < 1.29 is 14.3 Å². The number of esters is 1. The van der Waals surface area contributed by atoms with E-state index in [1.807, 2.05) is 30.3 Å². The monoisotopic (exact) mass is 249 g/mol. The van der Waals surface area contributed by atoms with Crippen molar-refractivity contribution in [3.63, 3.8) is 0 Å². The van der Waals surface area contributed by atoms with Gasteiger partial charge in [-0.05, 0) is 25.0 Å². The molecule has 18 heavy (non-hydrogen) atoms. The van der Waals surface area contributed by atoms with Crippen LogP contribution in [-0.2, 0) is 9.53 Å². The molecule has 1 aromatic rings. The Morgan fingerprint density at radius 1 is 1.39 bits per heavy atom. The molecule has 2 rings (SSSR count). The average Bonchev–Trinajstić information content (AvgIpc) is 3.22. The standard InChI is InChI=1S/C14H19NO3/c1-17-14(16)13(15-11-7-8-11)9-10-18-12-5-3-2-4-6-12/h2-6,11,13,15H,7-10H2,1H3. The van der Waals surface area contributed by atoms with Crippen LogP contribution in [0.25, 0.3) is 0 Å². The molecule has 1 saturated carbocycles. The predicted molar refractivity (Wildman–Crippen MR) is 68.5 cm³/mol. The fourth-order valence-corrected chi connectivity index (χ4v) is 1.76. The van der Waals surface area contributed by atoms with Gasteiger partial charge in [-0.2, -0.15) is 0 Å². The van der Waals surface area contributed by atoms with Crippen LogP contribution in [0.2, 0.25) is 0 Å². The number of rotatable bonds is 7. The third-order valence-corrected chi connectivity index (χ3v) is 2.92. The molecule has 0 bridgehead atoms. The molecular weight excluding hydrogens is 230 g/mol. The second-order valence-electron chi connectivity index (χ2n) is 4.47. The highest BCUT2D eigenvalue weighted by Crippen LogP contribution is 2.20. The molecule has 1 unspecified atom stereocenters. The maximum absolute atomic E-state index is 11.6. The summed E-state index contributed by atoms with van der Waals surface area (Å²) in [4.78, 5) is 11.6. The lowest BCUT2D eigenvalue weighted by molar-refractivity contribution is -0.143. The maximum atomic E-state index is 11.6. The Hall–Kier alpha value is -1.55. The largest absolute Gasteiger partial charge is 0.494 e. The van der Waals surface area contributed by atoms with Crippen molar-refractivity contribution in [3.8, 4) is 5.75 Å². The van der Waals surface area contributed by atoms with Crippen LogP contribution in [0.5, 0.6) is 5.75 Å². The van der Waals surface area contributed by atoms with Crippen LogP contribution in [0.15, 0.2) is 30.3 Å². The molecule has 0 amide bonds. The van der Waals surface area contributed by atoms with Gasteiger partial charge in [-0.3, -0.25) is 4.79 Å². The minimum absolute atomic E-state index is 0.210. The number of hydrogen-bond acceptors (Lipinski definition) is 4. The van der Waals surface area contributed by atoms with Crippen molar-refractivity contribution in [2.45, 2.75) is 31.3 Å². The Balaban J connectivity index is 1.76. The Bertz CT molecular complexity index is 376. The lowest BCUT2D eigenvalue weighted by Gasteiger charge is -2.16. The highest BCUT2D eigenvalue weighted by molar-refractivity contribution is 5.75. The van der Waals surface area contributed by atoms with E-state index in [1.165, 1.54) is 7.11 Å². The Kier molecular flexibility index (Phi) is 4.59. The van der Waals surface area contributed by atoms with E-state index in [1.54, 1.807) is 0 Å². The minimum Gasteiger partial charge on any atom is -0.494 e. The number of benzene rings is 1. The Morgan fingerprint density at radius 3 is 2.72 bits per heavy atom. The summed E-state index contributed by atoms with van der Waals surface area (Å²) in [6.07, 6.45) is 2.91. The lowest BCUT2D eigenvalue weighted by atomic mass is 10.2. The Labute approximate surface area is 107 Å². The van der Waals surface area contributed by atoms with E-state index < -0.39 is 0 Å². The van der Waals surface area contributed by atoms with Crippen LogP contribution in [0, 0.1) is 0 Å². The van der Waals surface area contributed by atoms with Crippen molar-refractivity contribution in [3.05, 3.63) is 30.3 Å². The quantitative estimate of drug-likeness (QED) is 0.748. The summed E-state index contributed by atoms with van der Waals surface area (Å²) in [5, 5.41) is 3.27. The molecule has 1 aliphatic carbocycles. The van der Waals surface area contributed by atoms with E-state index in [4.69, 9.17) is 9.47 Å². The molecule has 1 aliphatic rings. The van der Waals surface area contributed by atoms with Gasteiger partial charge in [0.1, 0.15) is 11.8 Å². The molecule has 4 heteroatoms. The summed E-state index contributed by atoms with van der Waals surface area (Å²) in [5.74, 6) is 0.617. The van der Waals surface area contributed by atoms with Crippen molar-refractivity contribution in [2.24, 2.45) is 0 Å². The van der Waals surface area contributed by atoms with Gasteiger partial charge in [-0.15, -0.1) is 0 Å². The number of methoxy groups -OCH3 is 1. The zero-order chi connectivity index (χ0) is 12.8. The summed E-state index contributed by atoms with van der Waals surface area (Å²) in [5.41, 5.74) is 0. The number of nitrogens with one attached hydrogen (secondary N) is 1. The van der Waals surface area contributed by atoms with Gasteiger partial charge in [0, 0.05) is 12.5 Å². The fraction of sp³-hybridized carbons (Fsp3) is 0.500. The topological polar surface area (TPSA) is 47.6 Å². The summed E-state index contributed by atoms with van der Waals surface area (Å²) < 4.78 is 10.4. The fourth-order valence-electron chi connectivity index (χ4n) is 1.76. The number of hydrogen-bond donors (Lipinski definition) is 1. The first-order valence-electron chi connectivity index (χ1n) is 6.31. The second-order valence-corrected chi connectivity index (χ2v) is 4.47. The molecule has 0 spiro atoms. The van der Waals surface area contributed by atoms with Crippen LogP contribution >= 0.6 is 0 Å². The molecule has 1 fully saturated rings. The van der Waals surface area contributed by atoms with E-state index in [0.29, 0.717) is 19.1 Å². The normalized spacial score (nSPS) is 16.1. The molecule has 0 saturated heterocycles. The summed E-state index contributed by atoms with van der Waals surface area (Å²) in [6, 6.07) is 9.82. The van der Waals surface area contributed by atoms with Crippen LogP contribution < -0.4 is 10.1 Å². The predicted octanol–water partition coefficient (Wildman–Crippen LogP) is 1.75. The summed E-state index contributed by atoms with van der Waals surface area (Å²) in [6.45, 7) is 0.503. The summed E-state index contributed by atoms with van der Waals surface area (Å²) in [7, 11) is 1.42. The van der Waals surface area contributed by atoms with Gasteiger partial charge in [0.05, 0.1) is 13.7 Å². The molecule has 0 aliphatic heterocycles. The van der Waals surface area contributed by atoms with E-state index in [9.17, 15) is 4.79 Å². The first-order chi connectivity index (χ1) is 8.79. The number of carbonyl (C=O) groups is 1. The van der Waals surface area contributed by atoms with Crippen molar-refractivity contribution in [1.29, 1.82) is 0 Å². The summed E-state index contributed by atoms with van der Waals surface area (Å²) >= 11 is 0. The molecule has 1 atom stereocenters. The highest BCUT2D eigenvalue weighted by Gasteiger charge is 2.28. The minimum atomic E-state index is -0.258. The zero-order valence-corrected chi connectivity index (χ0v) is 10.6. The van der Waals surface area contributed by atoms with Gasteiger partial charge in [0.25, 0.3) is 0 Å². The third-order valence-electron chi connectivity index (χ3n) is 2.92. The van der Waals surface area contributed by atoms with Gasteiger partial charge in [-0.25, -0.2) is 0 Å². The molecule has 0 radical (unpaired) electrons. The number of ether oxygens (including phenoxy) is 2. The second kappa shape index (κ2) is 6.40. The van der Waals surface area contributed by atoms with Crippen LogP contribution in [-0.4, -0.2) is 31.8 Å². The molecule has 0 aromatic heterocycles. The average molecular weight is 249 g/mol. The SMILES string of the molecule is COC(=O)C(CCOc1ccccc1)NC1CC1. The lowest BCUT2D eigenvalue weighted by Crippen LogP contribution is -2.40. The third kappa shape index (κ3) is 4.04. The van der Waals surface area contributed by atoms with Gasteiger partial charge < -0.3 is 14.8 Å². The number of carbonyl (C=O) groups excluding carboxylic acids is 1. The molecule has 0 heterocycles. The van der Waals surface area contributed by atoms with E-state index >= 15 is 0 Å². The smallest absolute Gasteiger partial charge is 0.322 e.